The second-order valence-corrected chi connectivity index (χ2v) is 11.1. The van der Waals surface area contributed by atoms with Gasteiger partial charge in [-0.15, -0.1) is 22.7 Å². The first kappa shape index (κ1) is 23.5. The average molecular weight is 537 g/mol. The van der Waals surface area contributed by atoms with E-state index in [-0.39, 0.29) is 33.9 Å². The minimum absolute atomic E-state index is 0.0116. The molecule has 0 aliphatic carbocycles. The molecule has 4 aromatic rings. The van der Waals surface area contributed by atoms with Gasteiger partial charge in [-0.05, 0) is 41.5 Å². The van der Waals surface area contributed by atoms with Crippen molar-refractivity contribution in [1.82, 2.24) is 9.97 Å². The van der Waals surface area contributed by atoms with Gasteiger partial charge < -0.3 is 5.32 Å². The van der Waals surface area contributed by atoms with Crippen LogP contribution in [0.4, 0.5) is 29.1 Å². The number of thiazole rings is 2. The van der Waals surface area contributed by atoms with E-state index in [2.05, 4.69) is 15.3 Å². The van der Waals surface area contributed by atoms with E-state index in [9.17, 15) is 26.4 Å². The number of benzene rings is 2. The van der Waals surface area contributed by atoms with Gasteiger partial charge in [-0.3, -0.25) is 4.79 Å². The van der Waals surface area contributed by atoms with E-state index in [1.165, 1.54) is 30.5 Å². The number of halogens is 3. The van der Waals surface area contributed by atoms with Gasteiger partial charge in [0, 0.05) is 29.1 Å². The van der Waals surface area contributed by atoms with Crippen LogP contribution in [0.25, 0.3) is 0 Å². The molecule has 180 valence electrons. The summed E-state index contributed by atoms with van der Waals surface area (Å²) in [5.74, 6) is -0.209. The van der Waals surface area contributed by atoms with Crippen molar-refractivity contribution < 1.29 is 26.4 Å². The molecule has 5 rings (SSSR count). The first-order chi connectivity index (χ1) is 16.6. The maximum Gasteiger partial charge on any atom is 0.416 e. The first-order valence-electron chi connectivity index (χ1n) is 10.1. The van der Waals surface area contributed by atoms with E-state index in [4.69, 9.17) is 0 Å². The molecule has 35 heavy (non-hydrogen) atoms. The number of nitrogens with zero attached hydrogens (tertiary/aromatic N) is 3. The van der Waals surface area contributed by atoms with Gasteiger partial charge in [0.25, 0.3) is 10.0 Å². The molecule has 0 radical (unpaired) electrons. The molecule has 13 heteroatoms. The van der Waals surface area contributed by atoms with E-state index in [0.29, 0.717) is 22.5 Å². The highest BCUT2D eigenvalue weighted by Gasteiger charge is 2.33. The molecule has 0 spiro atoms. The number of amides is 1. The van der Waals surface area contributed by atoms with Crippen molar-refractivity contribution >= 4 is 54.6 Å². The molecule has 0 atom stereocenters. The smallest absolute Gasteiger partial charge is 0.326 e. The number of sulfonamides is 1. The number of rotatable bonds is 6. The molecule has 1 amide bonds. The summed E-state index contributed by atoms with van der Waals surface area (Å²) in [5, 5.41) is 6.31. The molecule has 0 unspecified atom stereocenters. The molecule has 0 bridgehead atoms. The van der Waals surface area contributed by atoms with Gasteiger partial charge in [-0.1, -0.05) is 12.1 Å². The quantitative estimate of drug-likeness (QED) is 0.364. The predicted octanol–water partition coefficient (Wildman–Crippen LogP) is 5.23. The summed E-state index contributed by atoms with van der Waals surface area (Å²) in [7, 11) is -4.13. The van der Waals surface area contributed by atoms with E-state index < -0.39 is 21.8 Å². The van der Waals surface area contributed by atoms with Crippen LogP contribution in [0.15, 0.2) is 64.3 Å². The van der Waals surface area contributed by atoms with Gasteiger partial charge in [0.1, 0.15) is 0 Å². The van der Waals surface area contributed by atoms with E-state index in [0.717, 1.165) is 39.1 Å². The lowest BCUT2D eigenvalue weighted by Gasteiger charge is -2.19. The Morgan fingerprint density at radius 2 is 1.83 bits per heavy atom. The van der Waals surface area contributed by atoms with Crippen LogP contribution in [0, 0.1) is 0 Å². The average Bonchev–Trinajstić information content (AvgIpc) is 3.54. The predicted molar refractivity (Wildman–Crippen MR) is 127 cm³/mol. The van der Waals surface area contributed by atoms with Crippen LogP contribution >= 0.6 is 22.7 Å². The second-order valence-electron chi connectivity index (χ2n) is 7.62. The van der Waals surface area contributed by atoms with E-state index in [1.807, 2.05) is 0 Å². The van der Waals surface area contributed by atoms with Crippen molar-refractivity contribution in [2.24, 2.45) is 0 Å². The molecule has 7 nitrogen and oxygen atoms in total. The number of alkyl halides is 3. The highest BCUT2D eigenvalue weighted by molar-refractivity contribution is 7.93. The maximum absolute atomic E-state index is 13.7. The SMILES string of the molecule is O=C1Cc2cc(S(=O)(=O)N(c3nccs3)c3nc(Cc4ccc(C(F)(F)F)cc4)cs3)ccc2N1. The molecule has 1 N–H and O–H groups in total. The Morgan fingerprint density at radius 3 is 2.51 bits per heavy atom. The molecule has 2 aromatic carbocycles. The van der Waals surface area contributed by atoms with Crippen LogP contribution in [-0.2, 0) is 33.8 Å². The van der Waals surface area contributed by atoms with Crippen molar-refractivity contribution in [3.63, 3.8) is 0 Å². The molecule has 2 aromatic heterocycles. The number of nitrogens with one attached hydrogen (secondary N) is 1. The molecule has 1 aliphatic heterocycles. The highest BCUT2D eigenvalue weighted by Crippen LogP contribution is 2.37. The number of hydrogen-bond acceptors (Lipinski definition) is 7. The third-order valence-corrected chi connectivity index (χ3v) is 8.75. The maximum atomic E-state index is 13.7. The number of hydrogen-bond donors (Lipinski definition) is 1. The Bertz CT molecular complexity index is 1500. The van der Waals surface area contributed by atoms with Crippen molar-refractivity contribution in [3.8, 4) is 0 Å². The standard InChI is InChI=1S/C22H15F3N4O3S3/c23-22(24,25)15-3-1-13(2-4-15)9-16-12-34-21(27-16)29(20-26-7-8-33-20)35(31,32)17-5-6-18-14(10-17)11-19(30)28-18/h1-8,10,12H,9,11H2,(H,28,30). The monoisotopic (exact) mass is 536 g/mol. The minimum atomic E-state index is -4.42. The Balaban J connectivity index is 1.46. The zero-order chi connectivity index (χ0) is 24.8. The van der Waals surface area contributed by atoms with E-state index >= 15 is 0 Å². The Kier molecular flexibility index (Phi) is 5.85. The van der Waals surface area contributed by atoms with E-state index in [1.54, 1.807) is 16.8 Å². The van der Waals surface area contributed by atoms with Gasteiger partial charge in [-0.25, -0.2) is 18.4 Å². The van der Waals surface area contributed by atoms with Crippen LogP contribution in [0.1, 0.15) is 22.4 Å². The lowest BCUT2D eigenvalue weighted by Crippen LogP contribution is -2.26. The van der Waals surface area contributed by atoms with Crippen LogP contribution in [0.3, 0.4) is 0 Å². The van der Waals surface area contributed by atoms with Crippen molar-refractivity contribution in [1.29, 1.82) is 0 Å². The normalized spacial score (nSPS) is 13.5. The number of fused-ring (bicyclic) bond motifs is 1. The fourth-order valence-electron chi connectivity index (χ4n) is 3.57. The summed E-state index contributed by atoms with van der Waals surface area (Å²) in [5.41, 5.74) is 1.52. The largest absolute Gasteiger partial charge is 0.416 e. The molecule has 0 saturated carbocycles. The number of carbonyl (C=O) groups is 1. The minimum Gasteiger partial charge on any atom is -0.326 e. The first-order valence-corrected chi connectivity index (χ1v) is 13.3. The van der Waals surface area contributed by atoms with Crippen molar-refractivity contribution in [2.45, 2.75) is 23.9 Å². The summed E-state index contributed by atoms with van der Waals surface area (Å²) < 4.78 is 66.8. The second kappa shape index (κ2) is 8.73. The fraction of sp³-hybridized carbons (Fsp3) is 0.136. The number of aromatic nitrogens is 2. The zero-order valence-corrected chi connectivity index (χ0v) is 20.1. The number of carbonyl (C=O) groups excluding carboxylic acids is 1. The molecule has 0 saturated heterocycles. The van der Waals surface area contributed by atoms with Crippen LogP contribution in [0.5, 0.6) is 0 Å². The highest BCUT2D eigenvalue weighted by atomic mass is 32.2. The summed E-state index contributed by atoms with van der Waals surface area (Å²) >= 11 is 2.21. The molecule has 3 heterocycles. The Morgan fingerprint density at radius 1 is 1.06 bits per heavy atom. The zero-order valence-electron chi connectivity index (χ0n) is 17.6. The lowest BCUT2D eigenvalue weighted by molar-refractivity contribution is -0.137. The summed E-state index contributed by atoms with van der Waals surface area (Å²) in [6.45, 7) is 0. The van der Waals surface area contributed by atoms with Gasteiger partial charge in [-0.2, -0.15) is 17.5 Å². The van der Waals surface area contributed by atoms with Gasteiger partial charge in [0.2, 0.25) is 16.2 Å². The van der Waals surface area contributed by atoms with Crippen LogP contribution in [0.2, 0.25) is 0 Å². The third kappa shape index (κ3) is 4.66. The molecular weight excluding hydrogens is 521 g/mol. The topological polar surface area (TPSA) is 92.3 Å². The van der Waals surface area contributed by atoms with Gasteiger partial charge in [0.05, 0.1) is 22.6 Å². The third-order valence-electron chi connectivity index (χ3n) is 5.21. The van der Waals surface area contributed by atoms with Crippen molar-refractivity contribution in [3.05, 3.63) is 81.8 Å². The van der Waals surface area contributed by atoms with Crippen LogP contribution in [-0.4, -0.2) is 24.3 Å². The van der Waals surface area contributed by atoms with Gasteiger partial charge >= 0.3 is 6.18 Å². The molecular formula is C22H15F3N4O3S3. The summed E-state index contributed by atoms with van der Waals surface area (Å²) in [6, 6.07) is 9.17. The summed E-state index contributed by atoms with van der Waals surface area (Å²) in [6.07, 6.45) is -2.63. The molecule has 1 aliphatic rings. The number of anilines is 3. The Hall–Kier alpha value is -3.29. The Labute approximate surface area is 206 Å². The van der Waals surface area contributed by atoms with Crippen molar-refractivity contribution in [2.75, 3.05) is 9.62 Å². The lowest BCUT2D eigenvalue weighted by atomic mass is 10.1. The summed E-state index contributed by atoms with van der Waals surface area (Å²) in [4.78, 5) is 20.3. The fourth-order valence-corrected chi connectivity index (χ4v) is 6.99. The molecule has 0 fully saturated rings. The van der Waals surface area contributed by atoms with Gasteiger partial charge in [0.15, 0.2) is 0 Å². The van der Waals surface area contributed by atoms with Crippen LogP contribution < -0.4 is 9.62 Å².